The number of nitrogens with zero attached hydrogens (tertiary/aromatic N) is 1. The van der Waals surface area contributed by atoms with Crippen LogP contribution in [0.25, 0.3) is 0 Å². The van der Waals surface area contributed by atoms with Gasteiger partial charge in [0.15, 0.2) is 0 Å². The van der Waals surface area contributed by atoms with Crippen molar-refractivity contribution in [3.63, 3.8) is 0 Å². The Morgan fingerprint density at radius 3 is 2.50 bits per heavy atom. The first-order valence-electron chi connectivity index (χ1n) is 5.70. The van der Waals surface area contributed by atoms with Gasteiger partial charge in [0.05, 0.1) is 6.04 Å². The second kappa shape index (κ2) is 5.89. The zero-order valence-corrected chi connectivity index (χ0v) is 11.2. The van der Waals surface area contributed by atoms with Gasteiger partial charge in [-0.2, -0.15) is 0 Å². The van der Waals surface area contributed by atoms with Crippen LogP contribution in [-0.4, -0.2) is 24.0 Å². The smallest absolute Gasteiger partial charge is 0.317 e. The molecule has 90 valence electrons. The number of urea groups is 1. The van der Waals surface area contributed by atoms with Gasteiger partial charge in [-0.1, -0.05) is 0 Å². The van der Waals surface area contributed by atoms with Crippen LogP contribution in [0, 0.1) is 6.92 Å². The van der Waals surface area contributed by atoms with Crippen molar-refractivity contribution < 1.29 is 4.79 Å². The molecular formula is C12H20N2OS. The van der Waals surface area contributed by atoms with Gasteiger partial charge in [-0.3, -0.25) is 0 Å². The quantitative estimate of drug-likeness (QED) is 0.861. The third-order valence-corrected chi connectivity index (χ3v) is 3.76. The highest BCUT2D eigenvalue weighted by Crippen LogP contribution is 2.22. The van der Waals surface area contributed by atoms with Gasteiger partial charge < -0.3 is 10.2 Å². The normalized spacial score (nSPS) is 12.2. The predicted octanol–water partition coefficient (Wildman–Crippen LogP) is 3.17. The number of hydrogen-bond donors (Lipinski definition) is 1. The minimum atomic E-state index is 0.0172. The van der Waals surface area contributed by atoms with Crippen molar-refractivity contribution in [3.05, 3.63) is 21.9 Å². The van der Waals surface area contributed by atoms with Gasteiger partial charge in [0.1, 0.15) is 0 Å². The Labute approximate surface area is 101 Å². The van der Waals surface area contributed by atoms with E-state index >= 15 is 0 Å². The van der Waals surface area contributed by atoms with Gasteiger partial charge in [0, 0.05) is 22.8 Å². The van der Waals surface area contributed by atoms with Crippen molar-refractivity contribution in [1.82, 2.24) is 10.2 Å². The lowest BCUT2D eigenvalue weighted by Crippen LogP contribution is -2.40. The molecule has 0 saturated heterocycles. The molecule has 0 radical (unpaired) electrons. The van der Waals surface area contributed by atoms with Gasteiger partial charge >= 0.3 is 6.03 Å². The van der Waals surface area contributed by atoms with E-state index in [-0.39, 0.29) is 12.1 Å². The fourth-order valence-corrected chi connectivity index (χ4v) is 2.42. The predicted molar refractivity (Wildman–Crippen MR) is 68.9 cm³/mol. The number of amides is 2. The van der Waals surface area contributed by atoms with Gasteiger partial charge in [-0.05, 0) is 39.8 Å². The Morgan fingerprint density at radius 2 is 2.06 bits per heavy atom. The molecule has 3 nitrogen and oxygen atoms in total. The summed E-state index contributed by atoms with van der Waals surface area (Å²) < 4.78 is 0. The summed E-state index contributed by atoms with van der Waals surface area (Å²) >= 11 is 1.73. The number of carbonyl (C=O) groups is 1. The second-order valence-corrected chi connectivity index (χ2v) is 5.11. The van der Waals surface area contributed by atoms with Crippen LogP contribution in [0.5, 0.6) is 0 Å². The van der Waals surface area contributed by atoms with Crippen LogP contribution >= 0.6 is 11.3 Å². The highest BCUT2D eigenvalue weighted by molar-refractivity contribution is 7.12. The van der Waals surface area contributed by atoms with E-state index in [9.17, 15) is 4.79 Å². The molecule has 2 amide bonds. The summed E-state index contributed by atoms with van der Waals surface area (Å²) in [6.45, 7) is 9.57. The van der Waals surface area contributed by atoms with Crippen LogP contribution in [0.15, 0.2) is 12.1 Å². The number of hydrogen-bond acceptors (Lipinski definition) is 2. The first-order valence-corrected chi connectivity index (χ1v) is 6.51. The maximum Gasteiger partial charge on any atom is 0.317 e. The first-order chi connectivity index (χ1) is 7.58. The van der Waals surface area contributed by atoms with Crippen LogP contribution in [0.2, 0.25) is 0 Å². The SMILES string of the molecule is CCN(CC)C(=O)NC(C)c1ccc(C)s1. The summed E-state index contributed by atoms with van der Waals surface area (Å²) in [4.78, 5) is 16.1. The van der Waals surface area contributed by atoms with E-state index in [1.807, 2.05) is 20.8 Å². The minimum Gasteiger partial charge on any atom is -0.331 e. The molecule has 1 N–H and O–H groups in total. The lowest BCUT2D eigenvalue weighted by Gasteiger charge is -2.22. The Balaban J connectivity index is 2.57. The lowest BCUT2D eigenvalue weighted by molar-refractivity contribution is 0.200. The number of rotatable bonds is 4. The minimum absolute atomic E-state index is 0.0172. The average Bonchev–Trinajstić information content (AvgIpc) is 2.66. The van der Waals surface area contributed by atoms with E-state index in [0.717, 1.165) is 13.1 Å². The molecule has 0 aliphatic heterocycles. The first kappa shape index (κ1) is 13.0. The Morgan fingerprint density at radius 1 is 1.44 bits per heavy atom. The van der Waals surface area contributed by atoms with E-state index in [1.54, 1.807) is 16.2 Å². The standard InChI is InChI=1S/C12H20N2OS/c1-5-14(6-2)12(15)13-10(4)11-8-7-9(3)16-11/h7-8,10H,5-6H2,1-4H3,(H,13,15). The van der Waals surface area contributed by atoms with Gasteiger partial charge in [0.2, 0.25) is 0 Å². The Kier molecular flexibility index (Phi) is 4.80. The van der Waals surface area contributed by atoms with E-state index in [2.05, 4.69) is 24.4 Å². The van der Waals surface area contributed by atoms with E-state index < -0.39 is 0 Å². The summed E-state index contributed by atoms with van der Waals surface area (Å²) in [5.74, 6) is 0. The summed E-state index contributed by atoms with van der Waals surface area (Å²) in [6.07, 6.45) is 0. The van der Waals surface area contributed by atoms with Gasteiger partial charge in [-0.25, -0.2) is 4.79 Å². The molecular weight excluding hydrogens is 220 g/mol. The fourth-order valence-electron chi connectivity index (χ4n) is 1.54. The third-order valence-electron chi connectivity index (χ3n) is 2.58. The molecule has 1 heterocycles. The molecule has 0 aromatic carbocycles. The van der Waals surface area contributed by atoms with Gasteiger partial charge in [0.25, 0.3) is 0 Å². The number of aryl methyl sites for hydroxylation is 1. The number of nitrogens with one attached hydrogen (secondary N) is 1. The monoisotopic (exact) mass is 240 g/mol. The van der Waals surface area contributed by atoms with E-state index in [1.165, 1.54) is 9.75 Å². The summed E-state index contributed by atoms with van der Waals surface area (Å²) in [7, 11) is 0. The summed E-state index contributed by atoms with van der Waals surface area (Å²) in [5, 5.41) is 3.01. The van der Waals surface area contributed by atoms with Crippen molar-refractivity contribution in [2.75, 3.05) is 13.1 Å². The van der Waals surface area contributed by atoms with E-state index in [0.29, 0.717) is 0 Å². The van der Waals surface area contributed by atoms with Crippen LogP contribution in [-0.2, 0) is 0 Å². The average molecular weight is 240 g/mol. The molecule has 16 heavy (non-hydrogen) atoms. The number of carbonyl (C=O) groups excluding carboxylic acids is 1. The van der Waals surface area contributed by atoms with Gasteiger partial charge in [-0.15, -0.1) is 11.3 Å². The Bertz CT molecular complexity index is 345. The maximum absolute atomic E-state index is 11.8. The summed E-state index contributed by atoms with van der Waals surface area (Å²) in [6, 6.07) is 4.27. The molecule has 1 rings (SSSR count). The van der Waals surface area contributed by atoms with Crippen molar-refractivity contribution in [2.45, 2.75) is 33.7 Å². The zero-order chi connectivity index (χ0) is 12.1. The number of thiophene rings is 1. The van der Waals surface area contributed by atoms with Crippen molar-refractivity contribution in [2.24, 2.45) is 0 Å². The largest absolute Gasteiger partial charge is 0.331 e. The van der Waals surface area contributed by atoms with E-state index in [4.69, 9.17) is 0 Å². The zero-order valence-electron chi connectivity index (χ0n) is 10.4. The fraction of sp³-hybridized carbons (Fsp3) is 0.583. The Hall–Kier alpha value is -1.03. The highest BCUT2D eigenvalue weighted by Gasteiger charge is 2.14. The van der Waals surface area contributed by atoms with Crippen molar-refractivity contribution in [3.8, 4) is 0 Å². The van der Waals surface area contributed by atoms with Crippen LogP contribution in [0.1, 0.15) is 36.6 Å². The molecule has 1 aromatic rings. The molecule has 4 heteroatoms. The molecule has 1 unspecified atom stereocenters. The second-order valence-electron chi connectivity index (χ2n) is 3.79. The molecule has 0 fully saturated rings. The molecule has 0 spiro atoms. The highest BCUT2D eigenvalue weighted by atomic mass is 32.1. The topological polar surface area (TPSA) is 32.3 Å². The molecule has 0 bridgehead atoms. The molecule has 1 aromatic heterocycles. The third kappa shape index (κ3) is 3.23. The molecule has 0 saturated carbocycles. The van der Waals surface area contributed by atoms with Crippen molar-refractivity contribution >= 4 is 17.4 Å². The molecule has 0 aliphatic rings. The maximum atomic E-state index is 11.8. The molecule has 0 aliphatic carbocycles. The van der Waals surface area contributed by atoms with Crippen LogP contribution in [0.4, 0.5) is 4.79 Å². The van der Waals surface area contributed by atoms with Crippen LogP contribution in [0.3, 0.4) is 0 Å². The molecule has 1 atom stereocenters. The lowest BCUT2D eigenvalue weighted by atomic mass is 10.3. The summed E-state index contributed by atoms with van der Waals surface area (Å²) in [5.41, 5.74) is 0. The van der Waals surface area contributed by atoms with Crippen LogP contribution < -0.4 is 5.32 Å². The van der Waals surface area contributed by atoms with Crippen molar-refractivity contribution in [1.29, 1.82) is 0 Å².